The molecule has 0 saturated carbocycles. The molecule has 0 aliphatic carbocycles. The molecule has 0 fully saturated rings. The molecule has 2 N–H and O–H groups in total. The van der Waals surface area contributed by atoms with Crippen molar-refractivity contribution >= 4 is 5.97 Å². The third kappa shape index (κ3) is 2.21. The van der Waals surface area contributed by atoms with Crippen molar-refractivity contribution in [2.24, 2.45) is 0 Å². The number of aromatic amines is 1. The van der Waals surface area contributed by atoms with E-state index in [0.29, 0.717) is 5.82 Å². The summed E-state index contributed by atoms with van der Waals surface area (Å²) in [7, 11) is 1.15. The number of rotatable bonds is 1. The Morgan fingerprint density at radius 2 is 2.00 bits per heavy atom. The second-order valence-electron chi connectivity index (χ2n) is 4.35. The van der Waals surface area contributed by atoms with Crippen molar-refractivity contribution in [2.45, 2.75) is 26.2 Å². The lowest BCUT2D eigenvalue weighted by Crippen LogP contribution is -2.25. The summed E-state index contributed by atoms with van der Waals surface area (Å²) in [4.78, 5) is 28.9. The Morgan fingerprint density at radius 1 is 1.44 bits per heavy atom. The standard InChI is InChI=1S/C10H14N2O4/c1-10(2,3)9-11-5(8(15)16-4)6(13)7(14)12-9/h13H,1-4H3,(H,11,12,14). The van der Waals surface area contributed by atoms with Gasteiger partial charge in [-0.3, -0.25) is 4.79 Å². The first-order chi connectivity index (χ1) is 7.27. The molecule has 1 aromatic rings. The summed E-state index contributed by atoms with van der Waals surface area (Å²) < 4.78 is 4.43. The molecule has 0 amide bonds. The molecule has 6 nitrogen and oxygen atoms in total. The van der Waals surface area contributed by atoms with E-state index in [2.05, 4.69) is 14.7 Å². The van der Waals surface area contributed by atoms with Gasteiger partial charge in [-0.05, 0) is 0 Å². The molecule has 1 heterocycles. The van der Waals surface area contributed by atoms with Crippen LogP contribution >= 0.6 is 0 Å². The number of ether oxygens (including phenoxy) is 1. The normalized spacial score (nSPS) is 11.2. The van der Waals surface area contributed by atoms with Crippen molar-refractivity contribution in [1.82, 2.24) is 9.97 Å². The van der Waals surface area contributed by atoms with Gasteiger partial charge in [-0.25, -0.2) is 9.78 Å². The summed E-state index contributed by atoms with van der Waals surface area (Å²) in [6.45, 7) is 5.47. The number of hydrogen-bond acceptors (Lipinski definition) is 5. The second kappa shape index (κ2) is 3.96. The third-order valence-electron chi connectivity index (χ3n) is 1.98. The van der Waals surface area contributed by atoms with Crippen molar-refractivity contribution in [1.29, 1.82) is 0 Å². The maximum absolute atomic E-state index is 11.4. The average Bonchev–Trinajstić information content (AvgIpc) is 2.19. The van der Waals surface area contributed by atoms with Crippen LogP contribution in [0, 0.1) is 0 Å². The molecule has 88 valence electrons. The first-order valence-electron chi connectivity index (χ1n) is 4.69. The Bertz CT molecular complexity index is 471. The van der Waals surface area contributed by atoms with E-state index < -0.39 is 22.7 Å². The topological polar surface area (TPSA) is 92.3 Å². The third-order valence-corrected chi connectivity index (χ3v) is 1.98. The van der Waals surface area contributed by atoms with Crippen LogP contribution in [0.4, 0.5) is 0 Å². The van der Waals surface area contributed by atoms with Gasteiger partial charge in [-0.2, -0.15) is 0 Å². The Morgan fingerprint density at radius 3 is 2.44 bits per heavy atom. The van der Waals surface area contributed by atoms with E-state index in [1.54, 1.807) is 0 Å². The van der Waals surface area contributed by atoms with E-state index >= 15 is 0 Å². The van der Waals surface area contributed by atoms with E-state index in [4.69, 9.17) is 0 Å². The van der Waals surface area contributed by atoms with Crippen LogP contribution in [0.5, 0.6) is 5.75 Å². The molecule has 0 spiro atoms. The first kappa shape index (κ1) is 12.2. The monoisotopic (exact) mass is 226 g/mol. The highest BCUT2D eigenvalue weighted by atomic mass is 16.5. The van der Waals surface area contributed by atoms with Crippen LogP contribution in [-0.2, 0) is 10.2 Å². The largest absolute Gasteiger partial charge is 0.501 e. The lowest BCUT2D eigenvalue weighted by Gasteiger charge is -2.17. The second-order valence-corrected chi connectivity index (χ2v) is 4.35. The highest BCUT2D eigenvalue weighted by Gasteiger charge is 2.23. The summed E-state index contributed by atoms with van der Waals surface area (Å²) in [6, 6.07) is 0. The van der Waals surface area contributed by atoms with Gasteiger partial charge in [0, 0.05) is 5.41 Å². The Hall–Kier alpha value is -1.85. The quantitative estimate of drug-likeness (QED) is 0.682. The maximum Gasteiger partial charge on any atom is 0.360 e. The Labute approximate surface area is 92.3 Å². The van der Waals surface area contributed by atoms with E-state index in [1.165, 1.54) is 0 Å². The molecule has 0 saturated heterocycles. The van der Waals surface area contributed by atoms with Crippen LogP contribution in [0.25, 0.3) is 0 Å². The molecule has 1 aromatic heterocycles. The molecule has 0 radical (unpaired) electrons. The molecule has 0 bridgehead atoms. The van der Waals surface area contributed by atoms with Crippen LogP contribution in [0.15, 0.2) is 4.79 Å². The van der Waals surface area contributed by atoms with Gasteiger partial charge < -0.3 is 14.8 Å². The number of carbonyl (C=O) groups excluding carboxylic acids is 1. The van der Waals surface area contributed by atoms with Crippen molar-refractivity contribution in [3.8, 4) is 5.75 Å². The lowest BCUT2D eigenvalue weighted by atomic mass is 9.95. The van der Waals surface area contributed by atoms with Crippen LogP contribution in [-0.4, -0.2) is 28.2 Å². The summed E-state index contributed by atoms with van der Waals surface area (Å²) in [5, 5.41) is 9.38. The molecule has 1 rings (SSSR count). The highest BCUT2D eigenvalue weighted by molar-refractivity contribution is 5.89. The van der Waals surface area contributed by atoms with E-state index in [1.807, 2.05) is 20.8 Å². The number of aromatic nitrogens is 2. The average molecular weight is 226 g/mol. The summed E-state index contributed by atoms with van der Waals surface area (Å²) in [5.74, 6) is -1.25. The molecular weight excluding hydrogens is 212 g/mol. The van der Waals surface area contributed by atoms with Gasteiger partial charge >= 0.3 is 5.97 Å². The minimum Gasteiger partial charge on any atom is -0.501 e. The Kier molecular flexibility index (Phi) is 3.02. The smallest absolute Gasteiger partial charge is 0.360 e. The zero-order chi connectivity index (χ0) is 12.5. The van der Waals surface area contributed by atoms with Gasteiger partial charge in [0.2, 0.25) is 5.75 Å². The van der Waals surface area contributed by atoms with Crippen LogP contribution in [0.1, 0.15) is 37.1 Å². The van der Waals surface area contributed by atoms with Crippen LogP contribution in [0.3, 0.4) is 0 Å². The molecular formula is C10H14N2O4. The number of nitrogens with one attached hydrogen (secondary N) is 1. The Balaban J connectivity index is 3.46. The summed E-state index contributed by atoms with van der Waals surface area (Å²) in [5.41, 5.74) is -1.55. The number of aromatic hydroxyl groups is 1. The molecule has 0 atom stereocenters. The number of nitrogens with zero attached hydrogens (tertiary/aromatic N) is 1. The summed E-state index contributed by atoms with van der Waals surface area (Å²) in [6.07, 6.45) is 0. The van der Waals surface area contributed by atoms with E-state index in [9.17, 15) is 14.7 Å². The maximum atomic E-state index is 11.4. The number of methoxy groups -OCH3 is 1. The van der Waals surface area contributed by atoms with Crippen molar-refractivity contribution in [3.63, 3.8) is 0 Å². The predicted molar refractivity (Wildman–Crippen MR) is 56.6 cm³/mol. The fourth-order valence-corrected chi connectivity index (χ4v) is 1.06. The minimum absolute atomic E-state index is 0.315. The lowest BCUT2D eigenvalue weighted by molar-refractivity contribution is 0.0589. The molecule has 6 heteroatoms. The number of hydrogen-bond donors (Lipinski definition) is 2. The molecule has 0 aliphatic heterocycles. The molecule has 0 aliphatic rings. The van der Waals surface area contributed by atoms with Gasteiger partial charge in [0.05, 0.1) is 7.11 Å². The fraction of sp³-hybridized carbons (Fsp3) is 0.500. The SMILES string of the molecule is COC(=O)c1nc(C(C)(C)C)[nH]c(=O)c1O. The van der Waals surface area contributed by atoms with Crippen molar-refractivity contribution in [2.75, 3.05) is 7.11 Å². The van der Waals surface area contributed by atoms with Crippen LogP contribution < -0.4 is 5.56 Å². The summed E-state index contributed by atoms with van der Waals surface area (Å²) >= 11 is 0. The van der Waals surface area contributed by atoms with E-state index in [-0.39, 0.29) is 5.69 Å². The van der Waals surface area contributed by atoms with Gasteiger partial charge in [0.15, 0.2) is 5.69 Å². The van der Waals surface area contributed by atoms with Crippen molar-refractivity contribution in [3.05, 3.63) is 21.9 Å². The minimum atomic E-state index is -0.839. The van der Waals surface area contributed by atoms with Gasteiger partial charge in [0.1, 0.15) is 5.82 Å². The molecule has 0 aromatic carbocycles. The van der Waals surface area contributed by atoms with Gasteiger partial charge in [0.25, 0.3) is 5.56 Å². The van der Waals surface area contributed by atoms with E-state index in [0.717, 1.165) is 7.11 Å². The fourth-order valence-electron chi connectivity index (χ4n) is 1.06. The predicted octanol–water partition coefficient (Wildman–Crippen LogP) is 0.560. The van der Waals surface area contributed by atoms with Crippen molar-refractivity contribution < 1.29 is 14.6 Å². The zero-order valence-electron chi connectivity index (χ0n) is 9.62. The number of esters is 1. The van der Waals surface area contributed by atoms with Gasteiger partial charge in [-0.1, -0.05) is 20.8 Å². The zero-order valence-corrected chi connectivity index (χ0v) is 9.62. The van der Waals surface area contributed by atoms with Crippen LogP contribution in [0.2, 0.25) is 0 Å². The number of carbonyl (C=O) groups is 1. The number of H-pyrrole nitrogens is 1. The first-order valence-corrected chi connectivity index (χ1v) is 4.69. The highest BCUT2D eigenvalue weighted by Crippen LogP contribution is 2.19. The van der Waals surface area contributed by atoms with Gasteiger partial charge in [-0.15, -0.1) is 0 Å². The molecule has 16 heavy (non-hydrogen) atoms. The molecule has 0 unspecified atom stereocenters.